The van der Waals surface area contributed by atoms with Gasteiger partial charge in [-0.15, -0.1) is 0 Å². The lowest BCUT2D eigenvalue weighted by Gasteiger charge is -2.37. The maximum atomic E-state index is 9.62. The third-order valence-corrected chi connectivity index (χ3v) is 3.77. The van der Waals surface area contributed by atoms with Crippen molar-refractivity contribution in [3.63, 3.8) is 0 Å². The molecule has 0 spiro atoms. The Hall–Kier alpha value is -1.13. The van der Waals surface area contributed by atoms with E-state index in [0.29, 0.717) is 5.92 Å². The molecule has 18 heavy (non-hydrogen) atoms. The van der Waals surface area contributed by atoms with Crippen LogP contribution in [0.15, 0.2) is 18.3 Å². The number of rotatable bonds is 3. The van der Waals surface area contributed by atoms with Crippen LogP contribution in [0, 0.1) is 5.92 Å². The van der Waals surface area contributed by atoms with Gasteiger partial charge in [0.25, 0.3) is 0 Å². The first kappa shape index (κ1) is 13.3. The van der Waals surface area contributed by atoms with E-state index in [-0.39, 0.29) is 6.10 Å². The molecule has 1 N–H and O–H groups in total. The average Bonchev–Trinajstić information content (AvgIpc) is 2.39. The van der Waals surface area contributed by atoms with E-state index in [2.05, 4.69) is 16.8 Å². The summed E-state index contributed by atoms with van der Waals surface area (Å²) in [4.78, 5) is 6.63. The van der Waals surface area contributed by atoms with Gasteiger partial charge in [-0.05, 0) is 37.0 Å². The van der Waals surface area contributed by atoms with Gasteiger partial charge in [0.05, 0.1) is 12.2 Å². The number of pyridine rings is 1. The zero-order valence-corrected chi connectivity index (χ0v) is 11.3. The van der Waals surface area contributed by atoms with Gasteiger partial charge in [0.1, 0.15) is 5.82 Å². The number of aliphatic hydroxyl groups is 1. The molecule has 0 amide bonds. The predicted octanol–water partition coefficient (Wildman–Crippen LogP) is 2.00. The third kappa shape index (κ3) is 2.82. The van der Waals surface area contributed by atoms with Gasteiger partial charge in [-0.2, -0.15) is 0 Å². The molecule has 4 heteroatoms. The highest BCUT2D eigenvalue weighted by molar-refractivity contribution is 5.42. The molecule has 3 unspecified atom stereocenters. The summed E-state index contributed by atoms with van der Waals surface area (Å²) in [5.41, 5.74) is 0.910. The fourth-order valence-corrected chi connectivity index (χ4v) is 2.42. The minimum Gasteiger partial charge on any atom is -0.389 e. The quantitative estimate of drug-likeness (QED) is 0.891. The fraction of sp³-hybridized carbons (Fsp3) is 0.643. The average molecular weight is 250 g/mol. The van der Waals surface area contributed by atoms with Crippen molar-refractivity contribution < 1.29 is 9.84 Å². The smallest absolute Gasteiger partial charge is 0.128 e. The van der Waals surface area contributed by atoms with E-state index < -0.39 is 6.10 Å². The lowest BCUT2D eigenvalue weighted by Crippen LogP contribution is -2.44. The fourth-order valence-electron chi connectivity index (χ4n) is 2.42. The second-order valence-corrected chi connectivity index (χ2v) is 5.11. The van der Waals surface area contributed by atoms with Gasteiger partial charge >= 0.3 is 0 Å². The lowest BCUT2D eigenvalue weighted by molar-refractivity contribution is 0.0496. The molecule has 1 saturated heterocycles. The summed E-state index contributed by atoms with van der Waals surface area (Å²) >= 11 is 0. The minimum atomic E-state index is -0.450. The van der Waals surface area contributed by atoms with Crippen molar-refractivity contribution in [2.75, 3.05) is 25.1 Å². The normalized spacial score (nSPS) is 26.1. The third-order valence-electron chi connectivity index (χ3n) is 3.77. The zero-order valence-electron chi connectivity index (χ0n) is 11.3. The van der Waals surface area contributed by atoms with Crippen LogP contribution in [-0.2, 0) is 4.74 Å². The maximum absolute atomic E-state index is 9.62. The highest BCUT2D eigenvalue weighted by atomic mass is 16.5. The van der Waals surface area contributed by atoms with Gasteiger partial charge in [-0.3, -0.25) is 0 Å². The number of ether oxygens (including phenoxy) is 1. The maximum Gasteiger partial charge on any atom is 0.128 e. The highest BCUT2D eigenvalue weighted by Gasteiger charge is 2.26. The summed E-state index contributed by atoms with van der Waals surface area (Å²) in [6.45, 7) is 5.87. The minimum absolute atomic E-state index is 0.260. The molecule has 1 aromatic heterocycles. The lowest BCUT2D eigenvalue weighted by atomic mass is 9.96. The molecule has 0 radical (unpaired) electrons. The van der Waals surface area contributed by atoms with Crippen LogP contribution >= 0.6 is 0 Å². The van der Waals surface area contributed by atoms with Gasteiger partial charge in [0.2, 0.25) is 0 Å². The summed E-state index contributed by atoms with van der Waals surface area (Å²) in [7, 11) is 1.77. The van der Waals surface area contributed by atoms with Crippen molar-refractivity contribution in [2.45, 2.75) is 32.5 Å². The van der Waals surface area contributed by atoms with E-state index >= 15 is 0 Å². The Bertz CT molecular complexity index is 395. The Labute approximate surface area is 109 Å². The standard InChI is InChI=1S/C14H22N2O2/c1-10-5-7-16(9-13(10)18-3)14-8-12(11(2)17)4-6-15-14/h4,6,8,10-11,13,17H,5,7,9H2,1-3H3. The van der Waals surface area contributed by atoms with Gasteiger partial charge in [0.15, 0.2) is 0 Å². The zero-order chi connectivity index (χ0) is 13.1. The topological polar surface area (TPSA) is 45.6 Å². The van der Waals surface area contributed by atoms with Crippen LogP contribution in [0.1, 0.15) is 31.9 Å². The Balaban J connectivity index is 2.14. The second kappa shape index (κ2) is 5.67. The Morgan fingerprint density at radius 1 is 1.56 bits per heavy atom. The first-order valence-electron chi connectivity index (χ1n) is 6.53. The molecule has 1 fully saturated rings. The Morgan fingerprint density at radius 3 is 3.00 bits per heavy atom. The Kier molecular flexibility index (Phi) is 4.19. The molecule has 1 aliphatic rings. The number of aromatic nitrogens is 1. The van der Waals surface area contributed by atoms with Gasteiger partial charge in [-0.25, -0.2) is 4.98 Å². The second-order valence-electron chi connectivity index (χ2n) is 5.11. The molecule has 0 aliphatic carbocycles. The molecule has 0 bridgehead atoms. The molecule has 2 rings (SSSR count). The van der Waals surface area contributed by atoms with Crippen molar-refractivity contribution in [3.8, 4) is 0 Å². The number of methoxy groups -OCH3 is 1. The van der Waals surface area contributed by atoms with E-state index in [0.717, 1.165) is 30.9 Å². The molecular formula is C14H22N2O2. The molecule has 100 valence electrons. The highest BCUT2D eigenvalue weighted by Crippen LogP contribution is 2.25. The van der Waals surface area contributed by atoms with Crippen LogP contribution < -0.4 is 4.90 Å². The summed E-state index contributed by atoms with van der Waals surface area (Å²) in [6, 6.07) is 3.82. The van der Waals surface area contributed by atoms with E-state index in [1.54, 1.807) is 20.2 Å². The van der Waals surface area contributed by atoms with Crippen LogP contribution in [0.4, 0.5) is 5.82 Å². The van der Waals surface area contributed by atoms with Crippen molar-refractivity contribution in [2.24, 2.45) is 5.92 Å². The summed E-state index contributed by atoms with van der Waals surface area (Å²) in [5.74, 6) is 1.52. The van der Waals surface area contributed by atoms with E-state index in [9.17, 15) is 5.11 Å². The summed E-state index contributed by atoms with van der Waals surface area (Å²) in [5, 5.41) is 9.62. The number of hydrogen-bond acceptors (Lipinski definition) is 4. The van der Waals surface area contributed by atoms with Crippen molar-refractivity contribution in [1.29, 1.82) is 0 Å². The van der Waals surface area contributed by atoms with Gasteiger partial charge < -0.3 is 14.7 Å². The molecule has 1 aliphatic heterocycles. The summed E-state index contributed by atoms with van der Waals surface area (Å²) in [6.07, 6.45) is 2.68. The van der Waals surface area contributed by atoms with E-state index in [4.69, 9.17) is 4.74 Å². The monoisotopic (exact) mass is 250 g/mol. The number of anilines is 1. The number of piperidine rings is 1. The van der Waals surface area contributed by atoms with E-state index in [1.807, 2.05) is 12.1 Å². The molecule has 3 atom stereocenters. The number of nitrogens with zero attached hydrogens (tertiary/aromatic N) is 2. The Morgan fingerprint density at radius 2 is 2.33 bits per heavy atom. The molecule has 0 aromatic carbocycles. The van der Waals surface area contributed by atoms with Crippen molar-refractivity contribution >= 4 is 5.82 Å². The summed E-state index contributed by atoms with van der Waals surface area (Å²) < 4.78 is 5.51. The van der Waals surface area contributed by atoms with Crippen molar-refractivity contribution in [3.05, 3.63) is 23.9 Å². The van der Waals surface area contributed by atoms with Crippen LogP contribution in [0.3, 0.4) is 0 Å². The molecule has 0 saturated carbocycles. The molecule has 2 heterocycles. The van der Waals surface area contributed by atoms with Crippen LogP contribution in [-0.4, -0.2) is 36.4 Å². The SMILES string of the molecule is COC1CN(c2cc(C(C)O)ccn2)CCC1C. The van der Waals surface area contributed by atoms with Gasteiger partial charge in [-0.1, -0.05) is 6.92 Å². The van der Waals surface area contributed by atoms with E-state index in [1.165, 1.54) is 0 Å². The predicted molar refractivity (Wildman–Crippen MR) is 71.7 cm³/mol. The first-order valence-corrected chi connectivity index (χ1v) is 6.53. The molecule has 4 nitrogen and oxygen atoms in total. The van der Waals surface area contributed by atoms with Crippen LogP contribution in [0.25, 0.3) is 0 Å². The largest absolute Gasteiger partial charge is 0.389 e. The molecule has 1 aromatic rings. The van der Waals surface area contributed by atoms with Crippen LogP contribution in [0.2, 0.25) is 0 Å². The number of hydrogen-bond donors (Lipinski definition) is 1. The first-order chi connectivity index (χ1) is 8.61. The molecular weight excluding hydrogens is 228 g/mol. The van der Waals surface area contributed by atoms with Gasteiger partial charge in [0, 0.05) is 26.4 Å². The van der Waals surface area contributed by atoms with Crippen LogP contribution in [0.5, 0.6) is 0 Å². The van der Waals surface area contributed by atoms with Crippen molar-refractivity contribution in [1.82, 2.24) is 4.98 Å². The number of aliphatic hydroxyl groups excluding tert-OH is 1.